The fraction of sp³-hybridized carbons (Fsp3) is 1.00. The van der Waals surface area contributed by atoms with Crippen molar-refractivity contribution in [2.75, 3.05) is 12.9 Å². The molecule has 0 radical (unpaired) electrons. The van der Waals surface area contributed by atoms with Crippen LogP contribution in [0.25, 0.3) is 0 Å². The smallest absolute Gasteiger partial charge is 0.0448 e. The molecule has 0 aliphatic heterocycles. The second-order valence-corrected chi connectivity index (χ2v) is 6.27. The van der Waals surface area contributed by atoms with Gasteiger partial charge in [-0.25, -0.2) is 0 Å². The van der Waals surface area contributed by atoms with Crippen molar-refractivity contribution in [3.8, 4) is 0 Å². The lowest BCUT2D eigenvalue weighted by molar-refractivity contribution is 0.191. The average molecular weight is 245 g/mol. The molecule has 1 saturated carbocycles. The summed E-state index contributed by atoms with van der Waals surface area (Å²) in [5.74, 6) is 0. The molecule has 0 bridgehead atoms. The summed E-state index contributed by atoms with van der Waals surface area (Å²) in [6.07, 6.45) is 9.55. The van der Waals surface area contributed by atoms with E-state index in [0.29, 0.717) is 6.04 Å². The first-order valence-corrected chi connectivity index (χ1v) is 7.85. The molecule has 2 nitrogen and oxygen atoms in total. The van der Waals surface area contributed by atoms with Gasteiger partial charge >= 0.3 is 0 Å². The van der Waals surface area contributed by atoms with Crippen LogP contribution in [0, 0.1) is 0 Å². The molecule has 16 heavy (non-hydrogen) atoms. The molecular weight excluding hydrogens is 218 g/mol. The van der Waals surface area contributed by atoms with Gasteiger partial charge in [-0.3, -0.25) is 0 Å². The Hall–Kier alpha value is 0.270. The monoisotopic (exact) mass is 245 g/mol. The van der Waals surface area contributed by atoms with E-state index >= 15 is 0 Å². The maximum Gasteiger partial charge on any atom is 0.0448 e. The fourth-order valence-corrected chi connectivity index (χ4v) is 3.52. The zero-order valence-electron chi connectivity index (χ0n) is 11.0. The third-order valence-electron chi connectivity index (χ3n) is 3.98. The topological polar surface area (TPSA) is 32.3 Å². The number of aliphatic hydroxyl groups is 1. The van der Waals surface area contributed by atoms with Gasteiger partial charge in [0.25, 0.3) is 0 Å². The molecule has 96 valence electrons. The highest BCUT2D eigenvalue weighted by Crippen LogP contribution is 2.29. The van der Waals surface area contributed by atoms with Crippen molar-refractivity contribution in [2.45, 2.75) is 69.2 Å². The molecule has 3 atom stereocenters. The molecule has 0 aromatic carbocycles. The molecule has 1 fully saturated rings. The maximum absolute atomic E-state index is 9.14. The fourth-order valence-electron chi connectivity index (χ4n) is 2.59. The van der Waals surface area contributed by atoms with E-state index in [9.17, 15) is 0 Å². The van der Waals surface area contributed by atoms with Crippen LogP contribution in [0.5, 0.6) is 0 Å². The molecule has 1 aliphatic rings. The molecule has 1 rings (SSSR count). The van der Waals surface area contributed by atoms with Gasteiger partial charge in [0.15, 0.2) is 0 Å². The van der Waals surface area contributed by atoms with E-state index in [0.717, 1.165) is 18.1 Å². The molecule has 1 aliphatic carbocycles. The van der Waals surface area contributed by atoms with Crippen molar-refractivity contribution >= 4 is 11.8 Å². The van der Waals surface area contributed by atoms with Gasteiger partial charge in [-0.05, 0) is 38.9 Å². The van der Waals surface area contributed by atoms with Crippen LogP contribution in [0.4, 0.5) is 0 Å². The molecule has 2 N–H and O–H groups in total. The average Bonchev–Trinajstić information content (AvgIpc) is 2.30. The Morgan fingerprint density at radius 2 is 2.06 bits per heavy atom. The maximum atomic E-state index is 9.14. The van der Waals surface area contributed by atoms with Gasteiger partial charge in [0.2, 0.25) is 0 Å². The predicted octanol–water partition coefficient (Wildman–Crippen LogP) is 2.80. The van der Waals surface area contributed by atoms with Crippen LogP contribution in [-0.2, 0) is 0 Å². The summed E-state index contributed by atoms with van der Waals surface area (Å²) in [5.41, 5.74) is 0.116. The molecule has 0 spiro atoms. The SMILES string of the molecule is CCC(C)(CCO)NC1CCCCC1SC. The lowest BCUT2D eigenvalue weighted by Gasteiger charge is -2.39. The van der Waals surface area contributed by atoms with Gasteiger partial charge in [-0.1, -0.05) is 19.8 Å². The van der Waals surface area contributed by atoms with Gasteiger partial charge in [0.05, 0.1) is 0 Å². The molecule has 0 aromatic rings. The number of hydrogen-bond donors (Lipinski definition) is 2. The van der Waals surface area contributed by atoms with Crippen LogP contribution in [0.1, 0.15) is 52.4 Å². The first kappa shape index (κ1) is 14.3. The van der Waals surface area contributed by atoms with E-state index in [2.05, 4.69) is 25.4 Å². The Morgan fingerprint density at radius 1 is 1.38 bits per heavy atom. The Balaban J connectivity index is 2.54. The minimum absolute atomic E-state index is 0.116. The second-order valence-electron chi connectivity index (χ2n) is 5.20. The normalized spacial score (nSPS) is 30.0. The number of nitrogens with one attached hydrogen (secondary N) is 1. The molecule has 3 heteroatoms. The van der Waals surface area contributed by atoms with Crippen molar-refractivity contribution in [1.82, 2.24) is 5.32 Å². The number of hydrogen-bond acceptors (Lipinski definition) is 3. The second kappa shape index (κ2) is 6.87. The minimum atomic E-state index is 0.116. The first-order chi connectivity index (χ1) is 7.65. The van der Waals surface area contributed by atoms with E-state index in [-0.39, 0.29) is 12.1 Å². The number of aliphatic hydroxyl groups excluding tert-OH is 1. The number of rotatable bonds is 6. The van der Waals surface area contributed by atoms with Gasteiger partial charge in [-0.15, -0.1) is 0 Å². The largest absolute Gasteiger partial charge is 0.396 e. The molecule has 0 amide bonds. The van der Waals surface area contributed by atoms with Crippen LogP contribution in [0.2, 0.25) is 0 Å². The zero-order valence-corrected chi connectivity index (χ0v) is 11.8. The Labute approximate surface area is 105 Å². The number of thioether (sulfide) groups is 1. The van der Waals surface area contributed by atoms with Crippen LogP contribution in [0.3, 0.4) is 0 Å². The van der Waals surface area contributed by atoms with E-state index in [1.807, 2.05) is 11.8 Å². The lowest BCUT2D eigenvalue weighted by Crippen LogP contribution is -2.53. The molecule has 0 heterocycles. The third-order valence-corrected chi connectivity index (χ3v) is 5.15. The van der Waals surface area contributed by atoms with Crippen LogP contribution in [-0.4, -0.2) is 34.8 Å². The Morgan fingerprint density at radius 3 is 2.62 bits per heavy atom. The summed E-state index contributed by atoms with van der Waals surface area (Å²) in [4.78, 5) is 0. The van der Waals surface area contributed by atoms with Crippen LogP contribution in [0.15, 0.2) is 0 Å². The summed E-state index contributed by atoms with van der Waals surface area (Å²) < 4.78 is 0. The quantitative estimate of drug-likeness (QED) is 0.755. The van der Waals surface area contributed by atoms with Crippen molar-refractivity contribution < 1.29 is 5.11 Å². The summed E-state index contributed by atoms with van der Waals surface area (Å²) in [6.45, 7) is 4.74. The lowest BCUT2D eigenvalue weighted by atomic mass is 9.88. The van der Waals surface area contributed by atoms with Crippen molar-refractivity contribution in [3.63, 3.8) is 0 Å². The van der Waals surface area contributed by atoms with Crippen molar-refractivity contribution in [3.05, 3.63) is 0 Å². The highest BCUT2D eigenvalue weighted by atomic mass is 32.2. The van der Waals surface area contributed by atoms with Crippen molar-refractivity contribution in [2.24, 2.45) is 0 Å². The standard InChI is InChI=1S/C13H27NOS/c1-4-13(2,9-10-15)14-11-7-5-6-8-12(11)16-3/h11-12,14-15H,4-10H2,1-3H3. The van der Waals surface area contributed by atoms with Crippen molar-refractivity contribution in [1.29, 1.82) is 0 Å². The van der Waals surface area contributed by atoms with Gasteiger partial charge in [0.1, 0.15) is 0 Å². The minimum Gasteiger partial charge on any atom is -0.396 e. The Kier molecular flexibility index (Phi) is 6.16. The summed E-state index contributed by atoms with van der Waals surface area (Å²) >= 11 is 2.00. The third kappa shape index (κ3) is 3.94. The molecule has 3 unspecified atom stereocenters. The summed E-state index contributed by atoms with van der Waals surface area (Å²) in [5, 5.41) is 13.7. The summed E-state index contributed by atoms with van der Waals surface area (Å²) in [7, 11) is 0. The van der Waals surface area contributed by atoms with Gasteiger partial charge < -0.3 is 10.4 Å². The predicted molar refractivity (Wildman–Crippen MR) is 73.1 cm³/mol. The Bertz CT molecular complexity index is 200. The van der Waals surface area contributed by atoms with E-state index in [1.165, 1.54) is 25.7 Å². The van der Waals surface area contributed by atoms with E-state index in [1.54, 1.807) is 0 Å². The summed E-state index contributed by atoms with van der Waals surface area (Å²) in [6, 6.07) is 0.639. The zero-order chi connectivity index (χ0) is 12.0. The molecular formula is C13H27NOS. The van der Waals surface area contributed by atoms with E-state index in [4.69, 9.17) is 5.11 Å². The van der Waals surface area contributed by atoms with Crippen LogP contribution >= 0.6 is 11.8 Å². The molecule has 0 aromatic heterocycles. The first-order valence-electron chi connectivity index (χ1n) is 6.56. The highest BCUT2D eigenvalue weighted by molar-refractivity contribution is 7.99. The molecule has 0 saturated heterocycles. The van der Waals surface area contributed by atoms with Gasteiger partial charge in [-0.2, -0.15) is 11.8 Å². The van der Waals surface area contributed by atoms with E-state index < -0.39 is 0 Å². The van der Waals surface area contributed by atoms with Crippen LogP contribution < -0.4 is 5.32 Å². The highest BCUT2D eigenvalue weighted by Gasteiger charge is 2.30. The van der Waals surface area contributed by atoms with Gasteiger partial charge in [0, 0.05) is 23.4 Å².